The molecule has 3 aliphatic heterocycles. The number of ether oxygens (including phenoxy) is 1. The summed E-state index contributed by atoms with van der Waals surface area (Å²) < 4.78 is 5.26. The van der Waals surface area contributed by atoms with Gasteiger partial charge in [-0.05, 0) is 37.8 Å². The van der Waals surface area contributed by atoms with Crippen LogP contribution in [0.5, 0.6) is 0 Å². The summed E-state index contributed by atoms with van der Waals surface area (Å²) in [7, 11) is 1.67. The number of urea groups is 1. The Hall–Kier alpha value is -2.65. The number of hydrogen-bond acceptors (Lipinski definition) is 5. The third kappa shape index (κ3) is 5.21. The zero-order chi connectivity index (χ0) is 22.5. The topological polar surface area (TPSA) is 103 Å². The maximum atomic E-state index is 12.8. The average Bonchev–Trinajstić information content (AvgIpc) is 3.42. The predicted molar refractivity (Wildman–Crippen MR) is 120 cm³/mol. The standard InChI is InChI=1S/C23H33N5O4/c1-32-15-19-8-5-11-27(19)21(29)10-9-18-13-24-22(30)20-12-17(14-28(18)20)26-23(31)25-16-6-3-2-4-7-16/h2-4,6-7,17-20H,5,8-15H2,1H3,(H,24,30)(H2,25,26,31). The van der Waals surface area contributed by atoms with Crippen molar-refractivity contribution in [3.8, 4) is 0 Å². The SMILES string of the molecule is COCC1CCCN1C(=O)CCC1CNC(=O)C2CC(NC(=O)Nc3ccccc3)CN12. The van der Waals surface area contributed by atoms with Gasteiger partial charge in [-0.1, -0.05) is 18.2 Å². The van der Waals surface area contributed by atoms with E-state index in [1.165, 1.54) is 0 Å². The molecule has 0 saturated carbocycles. The predicted octanol–water partition coefficient (Wildman–Crippen LogP) is 1.17. The number of fused-ring (bicyclic) bond motifs is 1. The van der Waals surface area contributed by atoms with Crippen LogP contribution in [0, 0.1) is 0 Å². The highest BCUT2D eigenvalue weighted by Gasteiger charge is 2.44. The van der Waals surface area contributed by atoms with Crippen molar-refractivity contribution in [2.45, 2.75) is 56.3 Å². The Morgan fingerprint density at radius 1 is 1.22 bits per heavy atom. The molecule has 1 aromatic rings. The number of nitrogens with one attached hydrogen (secondary N) is 3. The number of rotatable bonds is 7. The lowest BCUT2D eigenvalue weighted by Crippen LogP contribution is -2.58. The highest BCUT2D eigenvalue weighted by Crippen LogP contribution is 2.27. The molecule has 9 heteroatoms. The molecule has 3 heterocycles. The number of methoxy groups -OCH3 is 1. The summed E-state index contributed by atoms with van der Waals surface area (Å²) in [6.45, 7) is 2.52. The summed E-state index contributed by atoms with van der Waals surface area (Å²) in [5.74, 6) is 0.161. The zero-order valence-corrected chi connectivity index (χ0v) is 18.6. The monoisotopic (exact) mass is 443 g/mol. The fourth-order valence-electron chi connectivity index (χ4n) is 5.19. The van der Waals surface area contributed by atoms with E-state index in [0.717, 1.165) is 25.1 Å². The summed E-state index contributed by atoms with van der Waals surface area (Å²) in [4.78, 5) is 41.7. The number of para-hydroxylation sites is 1. The van der Waals surface area contributed by atoms with E-state index < -0.39 is 0 Å². The van der Waals surface area contributed by atoms with Crippen LogP contribution in [0.2, 0.25) is 0 Å². The van der Waals surface area contributed by atoms with E-state index in [4.69, 9.17) is 4.74 Å². The van der Waals surface area contributed by atoms with Gasteiger partial charge in [-0.15, -0.1) is 0 Å². The lowest BCUT2D eigenvalue weighted by atomic mass is 10.0. The average molecular weight is 444 g/mol. The fourth-order valence-corrected chi connectivity index (χ4v) is 5.19. The van der Waals surface area contributed by atoms with Crippen LogP contribution < -0.4 is 16.0 Å². The molecule has 0 aliphatic carbocycles. The van der Waals surface area contributed by atoms with Crippen molar-refractivity contribution in [3.05, 3.63) is 30.3 Å². The molecule has 9 nitrogen and oxygen atoms in total. The molecule has 4 rings (SSSR count). The maximum absolute atomic E-state index is 12.8. The molecule has 4 amide bonds. The summed E-state index contributed by atoms with van der Waals surface area (Å²) in [6, 6.07) is 8.89. The molecule has 4 atom stereocenters. The number of amides is 4. The van der Waals surface area contributed by atoms with E-state index in [1.54, 1.807) is 7.11 Å². The number of piperazine rings is 1. The Bertz CT molecular complexity index is 820. The van der Waals surface area contributed by atoms with Gasteiger partial charge in [0, 0.05) is 50.9 Å². The van der Waals surface area contributed by atoms with Gasteiger partial charge >= 0.3 is 6.03 Å². The number of benzene rings is 1. The maximum Gasteiger partial charge on any atom is 0.319 e. The highest BCUT2D eigenvalue weighted by atomic mass is 16.5. The second kappa shape index (κ2) is 10.3. The van der Waals surface area contributed by atoms with Gasteiger partial charge in [0.1, 0.15) is 0 Å². The minimum absolute atomic E-state index is 0.0000422. The van der Waals surface area contributed by atoms with Crippen molar-refractivity contribution in [2.75, 3.05) is 38.7 Å². The number of likely N-dealkylation sites (tertiary alicyclic amines) is 1. The molecule has 3 N–H and O–H groups in total. The second-order valence-electron chi connectivity index (χ2n) is 8.89. The molecule has 3 fully saturated rings. The Morgan fingerprint density at radius 3 is 2.81 bits per heavy atom. The molecule has 3 saturated heterocycles. The lowest BCUT2D eigenvalue weighted by molar-refractivity contribution is -0.133. The van der Waals surface area contributed by atoms with Crippen LogP contribution >= 0.6 is 0 Å². The van der Waals surface area contributed by atoms with Crippen LogP contribution in [-0.4, -0.2) is 85.2 Å². The number of anilines is 1. The van der Waals surface area contributed by atoms with Crippen LogP contribution in [0.3, 0.4) is 0 Å². The van der Waals surface area contributed by atoms with Gasteiger partial charge < -0.3 is 25.6 Å². The van der Waals surface area contributed by atoms with E-state index in [2.05, 4.69) is 20.9 Å². The van der Waals surface area contributed by atoms with Gasteiger partial charge in [0.2, 0.25) is 11.8 Å². The molecule has 3 aliphatic rings. The second-order valence-corrected chi connectivity index (χ2v) is 8.89. The first-order valence-corrected chi connectivity index (χ1v) is 11.5. The quantitative estimate of drug-likeness (QED) is 0.587. The van der Waals surface area contributed by atoms with Gasteiger partial charge in [-0.25, -0.2) is 4.79 Å². The molecule has 32 heavy (non-hydrogen) atoms. The van der Waals surface area contributed by atoms with Crippen LogP contribution in [0.25, 0.3) is 0 Å². The summed E-state index contributed by atoms with van der Waals surface area (Å²) in [5.41, 5.74) is 0.726. The lowest BCUT2D eigenvalue weighted by Gasteiger charge is -2.37. The van der Waals surface area contributed by atoms with Gasteiger partial charge in [0.05, 0.1) is 18.7 Å². The van der Waals surface area contributed by atoms with Crippen molar-refractivity contribution < 1.29 is 19.1 Å². The number of carbonyl (C=O) groups excluding carboxylic acids is 3. The zero-order valence-electron chi connectivity index (χ0n) is 18.6. The number of carbonyl (C=O) groups is 3. The van der Waals surface area contributed by atoms with E-state index in [0.29, 0.717) is 39.0 Å². The first-order valence-electron chi connectivity index (χ1n) is 11.5. The van der Waals surface area contributed by atoms with Gasteiger partial charge in [0.15, 0.2) is 0 Å². The summed E-state index contributed by atoms with van der Waals surface area (Å²) in [5, 5.41) is 8.81. The van der Waals surface area contributed by atoms with Crippen molar-refractivity contribution in [2.24, 2.45) is 0 Å². The minimum atomic E-state index is -0.272. The molecule has 0 bridgehead atoms. The Labute approximate surface area is 188 Å². The smallest absolute Gasteiger partial charge is 0.319 e. The fraction of sp³-hybridized carbons (Fsp3) is 0.609. The van der Waals surface area contributed by atoms with Crippen molar-refractivity contribution in [1.29, 1.82) is 0 Å². The summed E-state index contributed by atoms with van der Waals surface area (Å²) in [6.07, 6.45) is 3.73. The van der Waals surface area contributed by atoms with Gasteiger partial charge in [0.25, 0.3) is 0 Å². The van der Waals surface area contributed by atoms with E-state index in [-0.39, 0.29) is 42.0 Å². The Kier molecular flexibility index (Phi) is 7.26. The van der Waals surface area contributed by atoms with Crippen LogP contribution in [0.1, 0.15) is 32.1 Å². The van der Waals surface area contributed by atoms with Crippen molar-refractivity contribution >= 4 is 23.5 Å². The first-order chi connectivity index (χ1) is 15.5. The van der Waals surface area contributed by atoms with Crippen LogP contribution in [0.15, 0.2) is 30.3 Å². The Morgan fingerprint density at radius 2 is 2.03 bits per heavy atom. The van der Waals surface area contributed by atoms with Crippen LogP contribution in [0.4, 0.5) is 10.5 Å². The molecule has 0 radical (unpaired) electrons. The van der Waals surface area contributed by atoms with Gasteiger partial charge in [-0.3, -0.25) is 14.5 Å². The summed E-state index contributed by atoms with van der Waals surface area (Å²) >= 11 is 0. The Balaban J connectivity index is 1.30. The third-order valence-electron chi connectivity index (χ3n) is 6.74. The normalized spacial score (nSPS) is 27.7. The van der Waals surface area contributed by atoms with E-state index >= 15 is 0 Å². The van der Waals surface area contributed by atoms with Crippen LogP contribution in [-0.2, 0) is 14.3 Å². The molecule has 4 unspecified atom stereocenters. The largest absolute Gasteiger partial charge is 0.383 e. The number of hydrogen-bond donors (Lipinski definition) is 3. The van der Waals surface area contributed by atoms with E-state index in [9.17, 15) is 14.4 Å². The molecule has 1 aromatic carbocycles. The molecular weight excluding hydrogens is 410 g/mol. The van der Waals surface area contributed by atoms with E-state index in [1.807, 2.05) is 35.2 Å². The number of nitrogens with zero attached hydrogens (tertiary/aromatic N) is 2. The molecule has 174 valence electrons. The van der Waals surface area contributed by atoms with Gasteiger partial charge in [-0.2, -0.15) is 0 Å². The first kappa shape index (κ1) is 22.5. The molecule has 0 aromatic heterocycles. The minimum Gasteiger partial charge on any atom is -0.383 e. The third-order valence-corrected chi connectivity index (χ3v) is 6.74. The van der Waals surface area contributed by atoms with Crippen molar-refractivity contribution in [1.82, 2.24) is 20.4 Å². The highest BCUT2D eigenvalue weighted by molar-refractivity contribution is 5.89. The molecular formula is C23H33N5O4. The van der Waals surface area contributed by atoms with Crippen molar-refractivity contribution in [3.63, 3.8) is 0 Å². The molecule has 0 spiro atoms.